The van der Waals surface area contributed by atoms with Crippen LogP contribution in [-0.4, -0.2) is 70.5 Å². The van der Waals surface area contributed by atoms with E-state index in [9.17, 15) is 18.0 Å². The maximum absolute atomic E-state index is 13.3. The number of aromatic nitrogens is 1. The molecule has 1 amide bonds. The Kier molecular flexibility index (Phi) is 7.35. The predicted octanol–water partition coefficient (Wildman–Crippen LogP) is 3.67. The summed E-state index contributed by atoms with van der Waals surface area (Å²) in [6.07, 6.45) is -1.27. The van der Waals surface area contributed by atoms with Crippen LogP contribution in [0.15, 0.2) is 36.5 Å². The van der Waals surface area contributed by atoms with Gasteiger partial charge in [0.25, 0.3) is 5.91 Å². The molecule has 7 nitrogen and oxygen atoms in total. The first-order chi connectivity index (χ1) is 15.1. The lowest BCUT2D eigenvalue weighted by atomic mass is 10.0. The minimum Gasteiger partial charge on any atom is -0.475 e. The minimum atomic E-state index is -5.08. The van der Waals surface area contributed by atoms with E-state index >= 15 is 0 Å². The maximum atomic E-state index is 13.3. The summed E-state index contributed by atoms with van der Waals surface area (Å²) in [7, 11) is 0. The van der Waals surface area contributed by atoms with Crippen LogP contribution < -0.4 is 0 Å². The Bertz CT molecular complexity index is 961. The number of carbonyl (C=O) groups excluding carboxylic acids is 1. The van der Waals surface area contributed by atoms with Crippen LogP contribution in [0.5, 0.6) is 0 Å². The fourth-order valence-electron chi connectivity index (χ4n) is 4.10. The fourth-order valence-corrected chi connectivity index (χ4v) is 4.10. The molecule has 10 heteroatoms. The number of hydrogen-bond acceptors (Lipinski definition) is 5. The third-order valence-electron chi connectivity index (χ3n) is 5.37. The molecule has 4 rings (SSSR count). The molecule has 1 aromatic heterocycles. The summed E-state index contributed by atoms with van der Waals surface area (Å²) >= 11 is 0. The number of alkyl halides is 3. The summed E-state index contributed by atoms with van der Waals surface area (Å²) in [5, 5.41) is 8.03. The average molecular weight is 454 g/mol. The molecule has 2 aliphatic rings. The lowest BCUT2D eigenvalue weighted by molar-refractivity contribution is -0.192. The molecule has 2 fully saturated rings. The van der Waals surface area contributed by atoms with Crippen molar-refractivity contribution in [2.75, 3.05) is 13.2 Å². The summed E-state index contributed by atoms with van der Waals surface area (Å²) in [5.41, 5.74) is 1.57. The molecule has 174 valence electrons. The van der Waals surface area contributed by atoms with Gasteiger partial charge in [-0.1, -0.05) is 18.2 Å². The van der Waals surface area contributed by atoms with E-state index in [2.05, 4.69) is 4.98 Å². The molecular weight excluding hydrogens is 429 g/mol. The highest BCUT2D eigenvalue weighted by molar-refractivity contribution is 6.06. The highest BCUT2D eigenvalue weighted by atomic mass is 19.4. The zero-order valence-electron chi connectivity index (χ0n) is 17.7. The number of hydrogen-bond donors (Lipinski definition) is 1. The third-order valence-corrected chi connectivity index (χ3v) is 5.37. The Morgan fingerprint density at radius 1 is 1.22 bits per heavy atom. The van der Waals surface area contributed by atoms with E-state index in [1.54, 1.807) is 6.20 Å². The van der Waals surface area contributed by atoms with E-state index in [4.69, 9.17) is 19.4 Å². The van der Waals surface area contributed by atoms with Gasteiger partial charge in [0.2, 0.25) is 0 Å². The number of halogens is 3. The first-order valence-electron chi connectivity index (χ1n) is 10.3. The zero-order chi connectivity index (χ0) is 23.5. The first kappa shape index (κ1) is 23.9. The van der Waals surface area contributed by atoms with Crippen LogP contribution in [0.2, 0.25) is 0 Å². The minimum absolute atomic E-state index is 0.0202. The lowest BCUT2D eigenvalue weighted by Gasteiger charge is -2.39. The number of carboxylic acid groups (broad SMARTS) is 1. The molecule has 1 saturated heterocycles. The number of amides is 1. The number of morpholine rings is 1. The monoisotopic (exact) mass is 454 g/mol. The van der Waals surface area contributed by atoms with Crippen LogP contribution in [0.3, 0.4) is 0 Å². The zero-order valence-corrected chi connectivity index (χ0v) is 17.7. The van der Waals surface area contributed by atoms with Crippen molar-refractivity contribution in [1.29, 1.82) is 0 Å². The number of carboxylic acids is 1. The summed E-state index contributed by atoms with van der Waals surface area (Å²) in [6.45, 7) is 5.28. The number of pyridine rings is 1. The standard InChI is InChI=1S/C20H24N2O3.C2HF3O2/c1-13(2)25-18-8-7-17-19(18)24-12-11-22(17)20(23)15-9-10-21-16-6-4-3-5-14(15)16;3-2(4,5)1(6)7/h3-6,9-10,13,17-19H,7-8,11-12H2,1-2H3;(H,6,7)/t17-,18+,19+;/m0./s1. The molecule has 1 aromatic carbocycles. The van der Waals surface area contributed by atoms with Gasteiger partial charge in [0.05, 0.1) is 35.9 Å². The molecule has 32 heavy (non-hydrogen) atoms. The summed E-state index contributed by atoms with van der Waals surface area (Å²) < 4.78 is 43.7. The molecule has 0 radical (unpaired) electrons. The van der Waals surface area contributed by atoms with Crippen LogP contribution in [0.25, 0.3) is 10.9 Å². The Balaban J connectivity index is 0.000000360. The van der Waals surface area contributed by atoms with Gasteiger partial charge in [0.15, 0.2) is 0 Å². The number of ether oxygens (including phenoxy) is 2. The van der Waals surface area contributed by atoms with Gasteiger partial charge in [0, 0.05) is 18.1 Å². The molecule has 0 unspecified atom stereocenters. The first-order valence-corrected chi connectivity index (χ1v) is 10.3. The van der Waals surface area contributed by atoms with Crippen molar-refractivity contribution >= 4 is 22.8 Å². The van der Waals surface area contributed by atoms with E-state index in [1.165, 1.54) is 0 Å². The predicted molar refractivity (Wildman–Crippen MR) is 109 cm³/mol. The van der Waals surface area contributed by atoms with Crippen molar-refractivity contribution in [3.8, 4) is 0 Å². The SMILES string of the molecule is CC(C)O[C@@H]1CC[C@H]2[C@H]1OCCN2C(=O)c1ccnc2ccccc12.O=C(O)C(F)(F)F. The summed E-state index contributed by atoms with van der Waals surface area (Å²) in [5.74, 6) is -2.69. The average Bonchev–Trinajstić information content (AvgIpc) is 3.15. The quantitative estimate of drug-likeness (QED) is 0.762. The summed E-state index contributed by atoms with van der Waals surface area (Å²) in [4.78, 5) is 28.5. The molecule has 2 heterocycles. The van der Waals surface area contributed by atoms with Crippen LogP contribution in [0.4, 0.5) is 13.2 Å². The van der Waals surface area contributed by atoms with Gasteiger partial charge >= 0.3 is 12.1 Å². The highest BCUT2D eigenvalue weighted by Gasteiger charge is 2.45. The second kappa shape index (κ2) is 9.83. The molecule has 3 atom stereocenters. The van der Waals surface area contributed by atoms with E-state index in [0.717, 1.165) is 29.3 Å². The van der Waals surface area contributed by atoms with E-state index in [-0.39, 0.29) is 30.3 Å². The van der Waals surface area contributed by atoms with Crippen molar-refractivity contribution in [2.45, 2.75) is 57.2 Å². The number of fused-ring (bicyclic) bond motifs is 2. The largest absolute Gasteiger partial charge is 0.490 e. The Morgan fingerprint density at radius 3 is 2.56 bits per heavy atom. The fraction of sp³-hybridized carbons (Fsp3) is 0.500. The normalized spacial score (nSPS) is 22.9. The molecule has 0 bridgehead atoms. The highest BCUT2D eigenvalue weighted by Crippen LogP contribution is 2.34. The number of para-hydroxylation sites is 1. The third kappa shape index (κ3) is 5.36. The molecule has 1 saturated carbocycles. The number of aliphatic carboxylic acids is 1. The smallest absolute Gasteiger partial charge is 0.475 e. The molecule has 1 N–H and O–H groups in total. The van der Waals surface area contributed by atoms with Crippen LogP contribution in [-0.2, 0) is 14.3 Å². The second-order valence-electron chi connectivity index (χ2n) is 7.88. The number of nitrogens with zero attached hydrogens (tertiary/aromatic N) is 2. The van der Waals surface area contributed by atoms with E-state index in [0.29, 0.717) is 13.2 Å². The number of carbonyl (C=O) groups is 2. The molecule has 1 aliphatic carbocycles. The van der Waals surface area contributed by atoms with Crippen LogP contribution in [0.1, 0.15) is 37.0 Å². The Morgan fingerprint density at radius 2 is 1.91 bits per heavy atom. The number of rotatable bonds is 3. The molecule has 2 aromatic rings. The molecule has 0 spiro atoms. The summed E-state index contributed by atoms with van der Waals surface area (Å²) in [6, 6.07) is 9.72. The lowest BCUT2D eigenvalue weighted by Crippen LogP contribution is -2.54. The van der Waals surface area contributed by atoms with Crippen molar-refractivity contribution in [2.24, 2.45) is 0 Å². The number of benzene rings is 1. The van der Waals surface area contributed by atoms with E-state index in [1.807, 2.05) is 49.1 Å². The molecular formula is C22H25F3N2O5. The van der Waals surface area contributed by atoms with Gasteiger partial charge in [-0.3, -0.25) is 9.78 Å². The topological polar surface area (TPSA) is 89.0 Å². The van der Waals surface area contributed by atoms with Crippen molar-refractivity contribution in [1.82, 2.24) is 9.88 Å². The van der Waals surface area contributed by atoms with Gasteiger partial charge < -0.3 is 19.5 Å². The van der Waals surface area contributed by atoms with Gasteiger partial charge in [-0.15, -0.1) is 0 Å². The van der Waals surface area contributed by atoms with Gasteiger partial charge in [-0.25, -0.2) is 4.79 Å². The Labute approximate surface area is 183 Å². The maximum Gasteiger partial charge on any atom is 0.490 e. The molecule has 1 aliphatic heterocycles. The van der Waals surface area contributed by atoms with Crippen molar-refractivity contribution in [3.63, 3.8) is 0 Å². The Hall–Kier alpha value is -2.72. The van der Waals surface area contributed by atoms with Crippen LogP contribution in [0, 0.1) is 0 Å². The van der Waals surface area contributed by atoms with E-state index < -0.39 is 12.1 Å². The van der Waals surface area contributed by atoms with Crippen molar-refractivity contribution in [3.05, 3.63) is 42.1 Å². The second-order valence-corrected chi connectivity index (χ2v) is 7.88. The van der Waals surface area contributed by atoms with Gasteiger partial charge in [-0.05, 0) is 38.8 Å². The van der Waals surface area contributed by atoms with Gasteiger partial charge in [-0.2, -0.15) is 13.2 Å². The van der Waals surface area contributed by atoms with Gasteiger partial charge in [0.1, 0.15) is 6.10 Å². The van der Waals surface area contributed by atoms with Crippen LogP contribution >= 0.6 is 0 Å². The van der Waals surface area contributed by atoms with Crippen molar-refractivity contribution < 1.29 is 37.3 Å².